The van der Waals surface area contributed by atoms with Crippen molar-refractivity contribution in [1.82, 2.24) is 10.1 Å². The Hall–Kier alpha value is -1.40. The fourth-order valence-electron chi connectivity index (χ4n) is 1.91. The van der Waals surface area contributed by atoms with Crippen LogP contribution in [0.5, 0.6) is 5.75 Å². The van der Waals surface area contributed by atoms with Gasteiger partial charge in [0.05, 0.1) is 11.6 Å². The lowest BCUT2D eigenvalue weighted by Crippen LogP contribution is -2.02. The van der Waals surface area contributed by atoms with Crippen molar-refractivity contribution in [3.05, 3.63) is 28.6 Å². The van der Waals surface area contributed by atoms with Crippen molar-refractivity contribution in [2.75, 3.05) is 13.7 Å². The fourth-order valence-corrected chi connectivity index (χ4v) is 2.45. The minimum atomic E-state index is 0.224. The first-order valence-corrected chi connectivity index (χ1v) is 7.32. The number of hydrogen-bond donors (Lipinski definition) is 1. The van der Waals surface area contributed by atoms with Crippen LogP contribution in [0.2, 0.25) is 0 Å². The van der Waals surface area contributed by atoms with Gasteiger partial charge in [-0.05, 0) is 53.5 Å². The van der Waals surface area contributed by atoms with E-state index in [1.165, 1.54) is 0 Å². The summed E-state index contributed by atoms with van der Waals surface area (Å²) in [5.41, 5.74) is 6.40. The Morgan fingerprint density at radius 3 is 2.90 bits per heavy atom. The predicted octanol–water partition coefficient (Wildman–Crippen LogP) is 3.35. The molecule has 0 spiro atoms. The van der Waals surface area contributed by atoms with E-state index >= 15 is 0 Å². The van der Waals surface area contributed by atoms with Gasteiger partial charge in [0.15, 0.2) is 0 Å². The summed E-state index contributed by atoms with van der Waals surface area (Å²) in [4.78, 5) is 4.45. The van der Waals surface area contributed by atoms with Crippen LogP contribution in [0.1, 0.15) is 31.6 Å². The molecule has 2 N–H and O–H groups in total. The third-order valence-corrected chi connectivity index (χ3v) is 3.73. The molecule has 0 fully saturated rings. The first kappa shape index (κ1) is 15.0. The first-order chi connectivity index (χ1) is 9.65. The Kier molecular flexibility index (Phi) is 5.14. The molecular weight excluding hydrogens is 322 g/mol. The average molecular weight is 340 g/mol. The number of aromatic nitrogens is 2. The molecule has 1 heterocycles. The van der Waals surface area contributed by atoms with Crippen LogP contribution in [0.25, 0.3) is 11.4 Å². The molecule has 0 aliphatic carbocycles. The van der Waals surface area contributed by atoms with Crippen LogP contribution in [0.15, 0.2) is 27.2 Å². The van der Waals surface area contributed by atoms with Crippen LogP contribution < -0.4 is 10.5 Å². The lowest BCUT2D eigenvalue weighted by Gasteiger charge is -2.04. The topological polar surface area (TPSA) is 74.2 Å². The number of nitrogens with zero attached hydrogens (tertiary/aromatic N) is 2. The maximum absolute atomic E-state index is 5.51. The van der Waals surface area contributed by atoms with E-state index in [-0.39, 0.29) is 5.92 Å². The second-order valence-corrected chi connectivity index (χ2v) is 5.49. The summed E-state index contributed by atoms with van der Waals surface area (Å²) in [6.45, 7) is 2.74. The molecule has 0 amide bonds. The minimum absolute atomic E-state index is 0.224. The van der Waals surface area contributed by atoms with E-state index in [1.54, 1.807) is 7.11 Å². The molecule has 1 unspecified atom stereocenters. The van der Waals surface area contributed by atoms with Gasteiger partial charge in [-0.1, -0.05) is 12.1 Å². The molecular formula is C14H18BrN3O2. The lowest BCUT2D eigenvalue weighted by molar-refractivity contribution is 0.352. The zero-order valence-corrected chi connectivity index (χ0v) is 13.2. The van der Waals surface area contributed by atoms with Crippen molar-refractivity contribution in [2.45, 2.75) is 25.7 Å². The molecule has 108 valence electrons. The quantitative estimate of drug-likeness (QED) is 0.873. The van der Waals surface area contributed by atoms with E-state index in [2.05, 4.69) is 33.0 Å². The molecule has 20 heavy (non-hydrogen) atoms. The van der Waals surface area contributed by atoms with Gasteiger partial charge in [0.1, 0.15) is 5.75 Å². The summed E-state index contributed by atoms with van der Waals surface area (Å²) in [6, 6.07) is 5.69. The van der Waals surface area contributed by atoms with Gasteiger partial charge in [0, 0.05) is 11.5 Å². The van der Waals surface area contributed by atoms with Gasteiger partial charge < -0.3 is 15.0 Å². The van der Waals surface area contributed by atoms with E-state index in [9.17, 15) is 0 Å². The van der Waals surface area contributed by atoms with E-state index < -0.39 is 0 Å². The number of nitrogens with two attached hydrogens (primary N) is 1. The number of benzene rings is 1. The van der Waals surface area contributed by atoms with Crippen LogP contribution in [0.3, 0.4) is 0 Å². The summed E-state index contributed by atoms with van der Waals surface area (Å²) < 4.78 is 11.4. The van der Waals surface area contributed by atoms with E-state index in [1.807, 2.05) is 18.2 Å². The van der Waals surface area contributed by atoms with Crippen LogP contribution in [-0.2, 0) is 0 Å². The highest BCUT2D eigenvalue weighted by molar-refractivity contribution is 9.10. The Morgan fingerprint density at radius 2 is 2.25 bits per heavy atom. The van der Waals surface area contributed by atoms with Gasteiger partial charge >= 0.3 is 0 Å². The van der Waals surface area contributed by atoms with Gasteiger partial charge in [-0.2, -0.15) is 4.98 Å². The Balaban J connectivity index is 2.18. The number of methoxy groups -OCH3 is 1. The van der Waals surface area contributed by atoms with Crippen LogP contribution in [0.4, 0.5) is 0 Å². The maximum atomic E-state index is 5.51. The van der Waals surface area contributed by atoms with Crippen molar-refractivity contribution in [1.29, 1.82) is 0 Å². The van der Waals surface area contributed by atoms with Crippen molar-refractivity contribution >= 4 is 15.9 Å². The summed E-state index contributed by atoms with van der Waals surface area (Å²) in [5, 5.41) is 4.03. The van der Waals surface area contributed by atoms with Crippen LogP contribution in [0, 0.1) is 0 Å². The van der Waals surface area contributed by atoms with Gasteiger partial charge in [0.25, 0.3) is 0 Å². The molecule has 0 aliphatic heterocycles. The maximum Gasteiger partial charge on any atom is 0.229 e. The molecule has 0 aliphatic rings. The first-order valence-electron chi connectivity index (χ1n) is 6.53. The molecule has 6 heteroatoms. The van der Waals surface area contributed by atoms with Gasteiger partial charge in [0.2, 0.25) is 11.7 Å². The van der Waals surface area contributed by atoms with E-state index in [0.717, 1.165) is 28.6 Å². The van der Waals surface area contributed by atoms with Gasteiger partial charge in [-0.15, -0.1) is 0 Å². The Bertz CT molecular complexity index is 571. The standard InChI is InChI=1S/C14H18BrN3O2/c1-9(4-3-7-16)14-17-13(18-20-14)10-5-6-12(19-2)11(15)8-10/h5-6,8-9H,3-4,7,16H2,1-2H3. The summed E-state index contributed by atoms with van der Waals surface area (Å²) in [6.07, 6.45) is 1.90. The molecule has 0 radical (unpaired) electrons. The van der Waals surface area contributed by atoms with Crippen molar-refractivity contribution in [3.63, 3.8) is 0 Å². The summed E-state index contributed by atoms with van der Waals surface area (Å²) in [7, 11) is 1.63. The molecule has 1 aromatic heterocycles. The fraction of sp³-hybridized carbons (Fsp3) is 0.429. The SMILES string of the molecule is COc1ccc(-c2noc(C(C)CCCN)n2)cc1Br. The largest absolute Gasteiger partial charge is 0.496 e. The Labute approximate surface area is 126 Å². The van der Waals surface area contributed by atoms with Crippen LogP contribution in [-0.4, -0.2) is 23.8 Å². The zero-order valence-electron chi connectivity index (χ0n) is 11.6. The minimum Gasteiger partial charge on any atom is -0.496 e. The molecule has 0 saturated carbocycles. The zero-order chi connectivity index (χ0) is 14.5. The summed E-state index contributed by atoms with van der Waals surface area (Å²) in [5.74, 6) is 2.23. The van der Waals surface area contributed by atoms with Gasteiger partial charge in [-0.3, -0.25) is 0 Å². The van der Waals surface area contributed by atoms with Crippen molar-refractivity contribution < 1.29 is 9.26 Å². The summed E-state index contributed by atoms with van der Waals surface area (Å²) >= 11 is 3.45. The highest BCUT2D eigenvalue weighted by Gasteiger charge is 2.15. The second kappa shape index (κ2) is 6.85. The molecule has 0 saturated heterocycles. The number of halogens is 1. The lowest BCUT2D eigenvalue weighted by atomic mass is 10.1. The molecule has 1 atom stereocenters. The third-order valence-electron chi connectivity index (χ3n) is 3.11. The van der Waals surface area contributed by atoms with E-state index in [4.69, 9.17) is 15.0 Å². The molecule has 1 aromatic carbocycles. The smallest absolute Gasteiger partial charge is 0.229 e. The average Bonchev–Trinajstić information content (AvgIpc) is 2.94. The number of ether oxygens (including phenoxy) is 1. The van der Waals surface area contributed by atoms with Crippen molar-refractivity contribution in [3.8, 4) is 17.1 Å². The second-order valence-electron chi connectivity index (χ2n) is 4.64. The highest BCUT2D eigenvalue weighted by atomic mass is 79.9. The highest BCUT2D eigenvalue weighted by Crippen LogP contribution is 2.30. The third kappa shape index (κ3) is 3.37. The molecule has 0 bridgehead atoms. The number of rotatable bonds is 6. The Morgan fingerprint density at radius 1 is 1.45 bits per heavy atom. The molecule has 2 aromatic rings. The van der Waals surface area contributed by atoms with E-state index in [0.29, 0.717) is 18.3 Å². The predicted molar refractivity (Wildman–Crippen MR) is 80.7 cm³/mol. The van der Waals surface area contributed by atoms with Crippen molar-refractivity contribution in [2.24, 2.45) is 5.73 Å². The van der Waals surface area contributed by atoms with Gasteiger partial charge in [-0.25, -0.2) is 0 Å². The normalized spacial score (nSPS) is 12.4. The monoisotopic (exact) mass is 339 g/mol. The molecule has 2 rings (SSSR count). The molecule has 5 nitrogen and oxygen atoms in total. The van der Waals surface area contributed by atoms with Crippen LogP contribution >= 0.6 is 15.9 Å². The number of hydrogen-bond acceptors (Lipinski definition) is 5.